The Kier molecular flexibility index (Phi) is 10.9. The largest absolute Gasteiger partial charge is 0.806 e. The van der Waals surface area contributed by atoms with Gasteiger partial charge in [-0.1, -0.05) is 0 Å². The van der Waals surface area contributed by atoms with Crippen molar-refractivity contribution in [3.63, 3.8) is 0 Å². The standard InChI is InChI=1S/C3H10N2.C2H9NO6P2.H2O/c4-2-1-3-5;1-2(3,10(4,5)6)11(7,8)9;/h1-5H2;3H2,1H3,(H2,4,5,6)(H2,7,8,9);1H2. The summed E-state index contributed by atoms with van der Waals surface area (Å²) in [4.78, 5) is 38.8. The molecule has 0 aromatic heterocycles. The number of quaternary nitrogens is 3. The monoisotopic (exact) mass is 297 g/mol. The van der Waals surface area contributed by atoms with Crippen LogP contribution in [0.5, 0.6) is 0 Å². The van der Waals surface area contributed by atoms with Gasteiger partial charge in [-0.05, 0) is 0 Å². The molecule has 0 aliphatic carbocycles. The molecule has 0 aliphatic heterocycles. The molecular formula is C5H21N3O7P2. The second kappa shape index (κ2) is 8.28. The Labute approximate surface area is 98.8 Å². The van der Waals surface area contributed by atoms with Crippen LogP contribution in [-0.2, 0) is 9.13 Å². The third-order valence-corrected chi connectivity index (χ3v) is 5.59. The van der Waals surface area contributed by atoms with E-state index in [1.807, 2.05) is 0 Å². The first-order valence-corrected chi connectivity index (χ1v) is 7.53. The van der Waals surface area contributed by atoms with Crippen LogP contribution in [0.1, 0.15) is 13.3 Å². The normalized spacial score (nSPS) is 17.9. The van der Waals surface area contributed by atoms with Crippen molar-refractivity contribution in [3.8, 4) is 0 Å². The molecule has 0 saturated carbocycles. The number of hydrogen-bond donors (Lipinski definition) is 4. The third-order valence-electron chi connectivity index (χ3n) is 1.70. The van der Waals surface area contributed by atoms with E-state index >= 15 is 0 Å². The lowest BCUT2D eigenvalue weighted by Crippen LogP contribution is -2.73. The lowest BCUT2D eigenvalue weighted by molar-refractivity contribution is -0.454. The molecular weight excluding hydrogens is 276 g/mol. The van der Waals surface area contributed by atoms with Gasteiger partial charge in [0.15, 0.2) is 12.6 Å². The summed E-state index contributed by atoms with van der Waals surface area (Å²) in [6.45, 7) is 2.59. The highest BCUT2D eigenvalue weighted by Gasteiger charge is 2.38. The molecule has 10 nitrogen and oxygen atoms in total. The van der Waals surface area contributed by atoms with Gasteiger partial charge in [-0.3, -0.25) is 0 Å². The molecule has 0 aromatic rings. The molecule has 0 radical (unpaired) electrons. The smallest absolute Gasteiger partial charge is 0.198 e. The van der Waals surface area contributed by atoms with E-state index in [0.29, 0.717) is 6.92 Å². The number of rotatable bonds is 4. The molecule has 1 unspecified atom stereocenters. The van der Waals surface area contributed by atoms with Gasteiger partial charge in [-0.25, -0.2) is 0 Å². The lowest BCUT2D eigenvalue weighted by Gasteiger charge is -2.45. The summed E-state index contributed by atoms with van der Waals surface area (Å²) in [6.07, 6.45) is 1.17. The maximum Gasteiger partial charge on any atom is 0.198 e. The Morgan fingerprint density at radius 2 is 1.47 bits per heavy atom. The van der Waals surface area contributed by atoms with E-state index < -0.39 is 20.2 Å². The van der Waals surface area contributed by atoms with Crippen LogP contribution >= 0.6 is 15.2 Å². The molecule has 0 aliphatic rings. The minimum absolute atomic E-state index is 0. The zero-order valence-electron chi connectivity index (χ0n) is 9.63. The summed E-state index contributed by atoms with van der Waals surface area (Å²) in [5.74, 6) is 0. The topological polar surface area (TPSA) is 238 Å². The van der Waals surface area contributed by atoms with Gasteiger partial charge in [0.25, 0.3) is 0 Å². The molecule has 0 bridgehead atoms. The summed E-state index contributed by atoms with van der Waals surface area (Å²) in [7, 11) is -10.7. The fraction of sp³-hybridized carbons (Fsp3) is 1.00. The summed E-state index contributed by atoms with van der Waals surface area (Å²) in [6, 6.07) is 0. The van der Waals surface area contributed by atoms with Crippen LogP contribution in [0.4, 0.5) is 0 Å². The highest BCUT2D eigenvalue weighted by Crippen LogP contribution is 2.57. The first kappa shape index (κ1) is 22.3. The Bertz CT molecular complexity index is 259. The van der Waals surface area contributed by atoms with E-state index in [1.54, 1.807) is 0 Å². The number of hydrogen-bond acceptors (Lipinski definition) is 5. The van der Waals surface area contributed by atoms with Gasteiger partial charge < -0.3 is 51.4 Å². The van der Waals surface area contributed by atoms with E-state index in [0.717, 1.165) is 13.1 Å². The van der Waals surface area contributed by atoms with Gasteiger partial charge in [-0.15, -0.1) is 0 Å². The van der Waals surface area contributed by atoms with Gasteiger partial charge >= 0.3 is 0 Å². The Morgan fingerprint density at radius 3 is 1.47 bits per heavy atom. The van der Waals surface area contributed by atoms with E-state index in [2.05, 4.69) is 17.2 Å². The second-order valence-corrected chi connectivity index (χ2v) is 7.66. The average Bonchev–Trinajstić information content (AvgIpc) is 2.02. The van der Waals surface area contributed by atoms with Crippen molar-refractivity contribution in [1.82, 2.24) is 0 Å². The van der Waals surface area contributed by atoms with E-state index in [1.165, 1.54) is 6.42 Å². The highest BCUT2D eigenvalue weighted by molar-refractivity contribution is 7.69. The van der Waals surface area contributed by atoms with Crippen molar-refractivity contribution in [2.24, 2.45) is 0 Å². The van der Waals surface area contributed by atoms with Gasteiger partial charge in [0.1, 0.15) is 0 Å². The summed E-state index contributed by atoms with van der Waals surface area (Å²) >= 11 is 0. The van der Waals surface area contributed by atoms with Crippen molar-refractivity contribution in [3.05, 3.63) is 0 Å². The van der Waals surface area contributed by atoms with Crippen molar-refractivity contribution in [1.29, 1.82) is 0 Å². The van der Waals surface area contributed by atoms with Crippen molar-refractivity contribution in [2.75, 3.05) is 13.1 Å². The van der Waals surface area contributed by atoms with Crippen LogP contribution in [0.15, 0.2) is 0 Å². The fourth-order valence-corrected chi connectivity index (χ4v) is 1.57. The first-order valence-electron chi connectivity index (χ1n) is 4.41. The third kappa shape index (κ3) is 7.96. The molecule has 17 heavy (non-hydrogen) atoms. The Balaban J connectivity index is -0.000000280. The van der Waals surface area contributed by atoms with Crippen LogP contribution in [0.25, 0.3) is 0 Å². The van der Waals surface area contributed by atoms with Crippen LogP contribution in [0, 0.1) is 0 Å². The van der Waals surface area contributed by atoms with E-state index in [9.17, 15) is 23.8 Å². The molecule has 0 saturated heterocycles. The van der Waals surface area contributed by atoms with Gasteiger partial charge in [0, 0.05) is 20.9 Å². The minimum atomic E-state index is -5.43. The van der Waals surface area contributed by atoms with Crippen LogP contribution < -0.4 is 31.9 Å². The van der Waals surface area contributed by atoms with E-state index in [-0.39, 0.29) is 5.48 Å². The van der Waals surface area contributed by atoms with Crippen LogP contribution in [0.2, 0.25) is 0 Å². The Morgan fingerprint density at radius 1 is 1.18 bits per heavy atom. The van der Waals surface area contributed by atoms with Crippen molar-refractivity contribution >= 4 is 15.2 Å². The maximum absolute atomic E-state index is 10.2. The van der Waals surface area contributed by atoms with Gasteiger partial charge in [-0.2, -0.15) is 0 Å². The van der Waals surface area contributed by atoms with Gasteiger partial charge in [0.2, 0.25) is 0 Å². The molecule has 12 N–H and O–H groups in total. The average molecular weight is 297 g/mol. The zero-order chi connectivity index (χ0) is 13.6. The summed E-state index contributed by atoms with van der Waals surface area (Å²) in [5, 5.41) is -2.88. The predicted molar refractivity (Wildman–Crippen MR) is 52.5 cm³/mol. The van der Waals surface area contributed by atoms with Crippen LogP contribution in [0.3, 0.4) is 0 Å². The molecule has 0 heterocycles. The quantitative estimate of drug-likeness (QED) is 0.367. The molecule has 108 valence electrons. The fourth-order valence-electron chi connectivity index (χ4n) is 0.332. The summed E-state index contributed by atoms with van der Waals surface area (Å²) < 4.78 is 20.4. The van der Waals surface area contributed by atoms with Crippen LogP contribution in [-0.4, -0.2) is 28.5 Å². The van der Waals surface area contributed by atoms with Crippen molar-refractivity contribution in [2.45, 2.75) is 18.4 Å². The molecule has 0 rings (SSSR count). The minimum Gasteiger partial charge on any atom is -0.806 e. The molecule has 12 heteroatoms. The highest BCUT2D eigenvalue weighted by atomic mass is 31.2. The van der Waals surface area contributed by atoms with Gasteiger partial charge in [0.05, 0.1) is 13.1 Å². The van der Waals surface area contributed by atoms with Crippen molar-refractivity contribution < 1.29 is 51.4 Å². The SMILES string of the molecule is C[C@@]([NH3+])(P(=O)([O-])[O-])P(=O)([O-])O.O.[NH3+]CCC[NH3+]. The molecule has 0 amide bonds. The molecule has 2 atom stereocenters. The molecule has 0 fully saturated rings. The predicted octanol–water partition coefficient (Wildman–Crippen LogP) is -6.60. The molecule has 0 aromatic carbocycles. The summed E-state index contributed by atoms with van der Waals surface area (Å²) in [5.41, 5.74) is 9.87. The van der Waals surface area contributed by atoms with E-state index in [4.69, 9.17) is 4.89 Å². The first-order chi connectivity index (χ1) is 6.91. The maximum atomic E-state index is 10.2. The Hall–Kier alpha value is 0.140. The lowest BCUT2D eigenvalue weighted by atomic mass is 10.4. The second-order valence-electron chi connectivity index (χ2n) is 3.30. The molecule has 0 spiro atoms. The zero-order valence-corrected chi connectivity index (χ0v) is 11.4.